The predicted octanol–water partition coefficient (Wildman–Crippen LogP) is 2.69. The first-order valence-electron chi connectivity index (χ1n) is 5.08. The van der Waals surface area contributed by atoms with Gasteiger partial charge in [0.15, 0.2) is 0 Å². The molecule has 1 heteroatoms. The quantitative estimate of drug-likeness (QED) is 0.666. The lowest BCUT2D eigenvalue weighted by Gasteiger charge is -2.25. The van der Waals surface area contributed by atoms with Crippen molar-refractivity contribution < 1.29 is 0 Å². The molecule has 0 aromatic rings. The zero-order valence-electron chi connectivity index (χ0n) is 7.68. The van der Waals surface area contributed by atoms with Crippen molar-refractivity contribution in [1.29, 1.82) is 0 Å². The molecule has 1 aliphatic rings. The minimum atomic E-state index is 0.521. The van der Waals surface area contributed by atoms with Crippen molar-refractivity contribution in [3.05, 3.63) is 0 Å². The van der Waals surface area contributed by atoms with E-state index >= 15 is 0 Å². The van der Waals surface area contributed by atoms with Crippen LogP contribution in [0.4, 0.5) is 0 Å². The molecule has 1 fully saturated rings. The third-order valence-corrected chi connectivity index (χ3v) is 2.86. The van der Waals surface area contributed by atoms with Crippen LogP contribution in [0.2, 0.25) is 0 Å². The van der Waals surface area contributed by atoms with Crippen LogP contribution in [-0.2, 0) is 0 Å². The first kappa shape index (κ1) is 9.05. The first-order chi connectivity index (χ1) is 5.33. The molecular formula is C10H21N. The molecule has 0 radical (unpaired) electrons. The van der Waals surface area contributed by atoms with Crippen LogP contribution in [0.15, 0.2) is 0 Å². The second-order valence-electron chi connectivity index (χ2n) is 3.92. The summed E-state index contributed by atoms with van der Waals surface area (Å²) >= 11 is 0. The summed E-state index contributed by atoms with van der Waals surface area (Å²) in [5.41, 5.74) is 5.83. The largest absolute Gasteiger partial charge is 0.328 e. The van der Waals surface area contributed by atoms with Gasteiger partial charge in [0.05, 0.1) is 0 Å². The Morgan fingerprint density at radius 2 is 1.82 bits per heavy atom. The van der Waals surface area contributed by atoms with Gasteiger partial charge in [-0.15, -0.1) is 0 Å². The highest BCUT2D eigenvalue weighted by atomic mass is 14.6. The molecular weight excluding hydrogens is 134 g/mol. The molecule has 1 aliphatic carbocycles. The first-order valence-corrected chi connectivity index (χ1v) is 5.08. The fourth-order valence-corrected chi connectivity index (χ4v) is 1.97. The lowest BCUT2D eigenvalue weighted by molar-refractivity contribution is 0.305. The Hall–Kier alpha value is -0.0400. The smallest absolute Gasteiger partial charge is 0.00390 e. The van der Waals surface area contributed by atoms with Crippen LogP contribution in [-0.4, -0.2) is 6.04 Å². The van der Waals surface area contributed by atoms with Crippen LogP contribution in [0.25, 0.3) is 0 Å². The summed E-state index contributed by atoms with van der Waals surface area (Å²) in [6.45, 7) is 2.27. The zero-order valence-corrected chi connectivity index (χ0v) is 7.68. The molecule has 1 nitrogen and oxygen atoms in total. The van der Waals surface area contributed by atoms with Crippen molar-refractivity contribution in [3.8, 4) is 0 Å². The number of hydrogen-bond acceptors (Lipinski definition) is 1. The molecule has 0 aliphatic heterocycles. The Balaban J connectivity index is 2.07. The Morgan fingerprint density at radius 1 is 1.18 bits per heavy atom. The van der Waals surface area contributed by atoms with E-state index < -0.39 is 0 Å². The van der Waals surface area contributed by atoms with Gasteiger partial charge in [-0.3, -0.25) is 0 Å². The van der Waals surface area contributed by atoms with E-state index in [0.717, 1.165) is 5.92 Å². The number of nitrogens with two attached hydrogens (primary N) is 1. The summed E-state index contributed by atoms with van der Waals surface area (Å²) < 4.78 is 0. The van der Waals surface area contributed by atoms with Crippen LogP contribution in [0.1, 0.15) is 51.9 Å². The van der Waals surface area contributed by atoms with Gasteiger partial charge in [-0.25, -0.2) is 0 Å². The molecule has 0 aromatic heterocycles. The molecule has 0 heterocycles. The van der Waals surface area contributed by atoms with Crippen LogP contribution < -0.4 is 5.73 Å². The van der Waals surface area contributed by atoms with E-state index in [9.17, 15) is 0 Å². The van der Waals surface area contributed by atoms with Crippen LogP contribution in [0, 0.1) is 5.92 Å². The lowest BCUT2D eigenvalue weighted by Crippen LogP contribution is -2.26. The van der Waals surface area contributed by atoms with E-state index in [0.29, 0.717) is 6.04 Å². The fourth-order valence-electron chi connectivity index (χ4n) is 1.97. The monoisotopic (exact) mass is 155 g/mol. The molecule has 0 saturated heterocycles. The third kappa shape index (κ3) is 3.24. The van der Waals surface area contributed by atoms with Crippen molar-refractivity contribution in [2.45, 2.75) is 57.9 Å². The highest BCUT2D eigenvalue weighted by Crippen LogP contribution is 2.27. The summed E-state index contributed by atoms with van der Waals surface area (Å²) in [4.78, 5) is 0. The van der Waals surface area contributed by atoms with E-state index in [-0.39, 0.29) is 0 Å². The summed E-state index contributed by atoms with van der Waals surface area (Å²) in [6, 6.07) is 0.521. The van der Waals surface area contributed by atoms with Crippen molar-refractivity contribution >= 4 is 0 Å². The highest BCUT2D eigenvalue weighted by molar-refractivity contribution is 4.73. The van der Waals surface area contributed by atoms with Gasteiger partial charge in [-0.05, 0) is 31.6 Å². The molecule has 11 heavy (non-hydrogen) atoms. The van der Waals surface area contributed by atoms with Gasteiger partial charge in [0, 0.05) is 6.04 Å². The van der Waals surface area contributed by atoms with Gasteiger partial charge in [-0.2, -0.15) is 0 Å². The Kier molecular flexibility index (Phi) is 3.92. The normalized spacial score (nSPS) is 32.2. The number of hydrogen-bond donors (Lipinski definition) is 1. The highest BCUT2D eigenvalue weighted by Gasteiger charge is 2.17. The van der Waals surface area contributed by atoms with Gasteiger partial charge in [0.2, 0.25) is 0 Å². The van der Waals surface area contributed by atoms with Crippen molar-refractivity contribution in [3.63, 3.8) is 0 Å². The zero-order chi connectivity index (χ0) is 8.10. The van der Waals surface area contributed by atoms with Crippen LogP contribution >= 0.6 is 0 Å². The Labute approximate surface area is 70.4 Å². The predicted molar refractivity (Wildman–Crippen MR) is 49.5 cm³/mol. The SMILES string of the molecule is CCCC[C@H]1CC[C@@H](N)CC1. The summed E-state index contributed by atoms with van der Waals surface area (Å²) in [5.74, 6) is 1.01. The van der Waals surface area contributed by atoms with Gasteiger partial charge >= 0.3 is 0 Å². The van der Waals surface area contributed by atoms with Crippen LogP contribution in [0.5, 0.6) is 0 Å². The van der Waals surface area contributed by atoms with E-state index in [4.69, 9.17) is 5.73 Å². The minimum Gasteiger partial charge on any atom is -0.328 e. The average Bonchev–Trinajstić information content (AvgIpc) is 2.04. The Morgan fingerprint density at radius 3 is 2.36 bits per heavy atom. The molecule has 2 N–H and O–H groups in total. The summed E-state index contributed by atoms with van der Waals surface area (Å²) in [5, 5.41) is 0. The molecule has 0 bridgehead atoms. The minimum absolute atomic E-state index is 0.521. The molecule has 1 rings (SSSR count). The topological polar surface area (TPSA) is 26.0 Å². The average molecular weight is 155 g/mol. The van der Waals surface area contributed by atoms with Crippen molar-refractivity contribution in [2.24, 2.45) is 11.7 Å². The molecule has 1 saturated carbocycles. The van der Waals surface area contributed by atoms with E-state index in [2.05, 4.69) is 6.92 Å². The van der Waals surface area contributed by atoms with Crippen molar-refractivity contribution in [1.82, 2.24) is 0 Å². The van der Waals surface area contributed by atoms with Crippen molar-refractivity contribution in [2.75, 3.05) is 0 Å². The van der Waals surface area contributed by atoms with Crippen LogP contribution in [0.3, 0.4) is 0 Å². The lowest BCUT2D eigenvalue weighted by atomic mass is 9.83. The summed E-state index contributed by atoms with van der Waals surface area (Å²) in [7, 11) is 0. The van der Waals surface area contributed by atoms with Gasteiger partial charge in [0.25, 0.3) is 0 Å². The maximum atomic E-state index is 5.83. The second-order valence-corrected chi connectivity index (χ2v) is 3.92. The van der Waals surface area contributed by atoms with E-state index in [1.165, 1.54) is 44.9 Å². The molecule has 66 valence electrons. The standard InChI is InChI=1S/C10H21N/c1-2-3-4-9-5-7-10(11)8-6-9/h9-10H,2-8,11H2,1H3/t9-,10+. The maximum Gasteiger partial charge on any atom is 0.00390 e. The molecule has 0 spiro atoms. The number of unbranched alkanes of at least 4 members (excludes halogenated alkanes) is 1. The maximum absolute atomic E-state index is 5.83. The molecule has 0 aromatic carbocycles. The van der Waals surface area contributed by atoms with Gasteiger partial charge in [0.1, 0.15) is 0 Å². The molecule has 0 unspecified atom stereocenters. The van der Waals surface area contributed by atoms with E-state index in [1.54, 1.807) is 0 Å². The summed E-state index contributed by atoms with van der Waals surface area (Å²) in [6.07, 6.45) is 9.54. The second kappa shape index (κ2) is 4.76. The fraction of sp³-hybridized carbons (Fsp3) is 1.00. The third-order valence-electron chi connectivity index (χ3n) is 2.86. The molecule has 0 amide bonds. The number of rotatable bonds is 3. The van der Waals surface area contributed by atoms with Gasteiger partial charge < -0.3 is 5.73 Å². The Bertz CT molecular complexity index is 90.3. The van der Waals surface area contributed by atoms with E-state index in [1.807, 2.05) is 0 Å². The van der Waals surface area contributed by atoms with Gasteiger partial charge in [-0.1, -0.05) is 26.2 Å². The molecule has 0 atom stereocenters.